The molecule has 0 radical (unpaired) electrons. The lowest BCUT2D eigenvalue weighted by Crippen LogP contribution is -2.22. The largest absolute Gasteiger partial charge is 0.338 e. The summed E-state index contributed by atoms with van der Waals surface area (Å²) in [6.07, 6.45) is 1.69. The first kappa shape index (κ1) is 16.2. The average Bonchev–Trinajstić information content (AvgIpc) is 3.36. The molecule has 4 rings (SSSR count). The summed E-state index contributed by atoms with van der Waals surface area (Å²) in [4.78, 5) is 22.3. The van der Waals surface area contributed by atoms with Crippen LogP contribution >= 0.6 is 34.4 Å². The number of nitrogens with zero attached hydrogens (tertiary/aromatic N) is 4. The smallest absolute Gasteiger partial charge is 0.263 e. The zero-order valence-electron chi connectivity index (χ0n) is 12.9. The molecule has 0 fully saturated rings. The Kier molecular flexibility index (Phi) is 4.51. The highest BCUT2D eigenvalue weighted by Gasteiger charge is 2.14. The van der Waals surface area contributed by atoms with Gasteiger partial charge in [0.15, 0.2) is 5.16 Å². The Morgan fingerprint density at radius 2 is 2.24 bits per heavy atom. The van der Waals surface area contributed by atoms with Crippen molar-refractivity contribution in [2.45, 2.75) is 17.5 Å². The van der Waals surface area contributed by atoms with E-state index in [0.29, 0.717) is 34.6 Å². The Hall–Kier alpha value is -2.23. The van der Waals surface area contributed by atoms with Gasteiger partial charge in [0.1, 0.15) is 4.83 Å². The Bertz CT molecular complexity index is 1080. The fourth-order valence-electron chi connectivity index (χ4n) is 2.28. The molecule has 0 saturated carbocycles. The number of hydrogen-bond donors (Lipinski definition) is 0. The van der Waals surface area contributed by atoms with Crippen molar-refractivity contribution in [3.63, 3.8) is 0 Å². The van der Waals surface area contributed by atoms with Crippen molar-refractivity contribution < 1.29 is 4.52 Å². The minimum atomic E-state index is -0.0573. The van der Waals surface area contributed by atoms with Crippen LogP contribution in [0.2, 0.25) is 0 Å². The highest BCUT2D eigenvalue weighted by atomic mass is 32.2. The van der Waals surface area contributed by atoms with Gasteiger partial charge in [-0.2, -0.15) is 16.3 Å². The molecule has 0 bridgehead atoms. The van der Waals surface area contributed by atoms with E-state index in [1.165, 1.54) is 23.1 Å². The third-order valence-electron chi connectivity index (χ3n) is 3.43. The van der Waals surface area contributed by atoms with Crippen LogP contribution in [-0.2, 0) is 12.3 Å². The van der Waals surface area contributed by atoms with Crippen molar-refractivity contribution in [2.24, 2.45) is 0 Å². The van der Waals surface area contributed by atoms with Crippen molar-refractivity contribution in [3.8, 4) is 11.4 Å². The molecule has 4 aromatic heterocycles. The summed E-state index contributed by atoms with van der Waals surface area (Å²) in [6, 6.07) is 3.75. The molecule has 0 N–H and O–H groups in total. The van der Waals surface area contributed by atoms with Crippen LogP contribution in [0.15, 0.2) is 55.4 Å². The summed E-state index contributed by atoms with van der Waals surface area (Å²) < 4.78 is 6.92. The summed E-state index contributed by atoms with van der Waals surface area (Å²) in [5.74, 6) is 1.51. The lowest BCUT2D eigenvalue weighted by atomic mass is 10.3. The number of hydrogen-bond acceptors (Lipinski definition) is 8. The van der Waals surface area contributed by atoms with Gasteiger partial charge in [0, 0.05) is 17.5 Å². The first-order valence-corrected chi connectivity index (χ1v) is 10.1. The second kappa shape index (κ2) is 6.95. The number of thiophene rings is 2. The van der Waals surface area contributed by atoms with E-state index in [1.807, 2.05) is 22.2 Å². The number of fused-ring (bicyclic) bond motifs is 1. The number of thioether (sulfide) groups is 1. The first-order valence-electron chi connectivity index (χ1n) is 7.33. The molecule has 0 aliphatic rings. The minimum absolute atomic E-state index is 0.0573. The predicted molar refractivity (Wildman–Crippen MR) is 101 cm³/mol. The molecule has 9 heteroatoms. The molecule has 0 unspecified atom stereocenters. The monoisotopic (exact) mass is 388 g/mol. The average molecular weight is 388 g/mol. The molecular weight excluding hydrogens is 376 g/mol. The van der Waals surface area contributed by atoms with Gasteiger partial charge in [0.25, 0.3) is 5.56 Å². The maximum atomic E-state index is 12.6. The van der Waals surface area contributed by atoms with Gasteiger partial charge in [-0.05, 0) is 22.9 Å². The fourth-order valence-corrected chi connectivity index (χ4v) is 4.56. The quantitative estimate of drug-likeness (QED) is 0.282. The topological polar surface area (TPSA) is 73.8 Å². The Labute approximate surface area is 154 Å². The molecule has 0 amide bonds. The van der Waals surface area contributed by atoms with Gasteiger partial charge in [-0.1, -0.05) is 23.0 Å². The van der Waals surface area contributed by atoms with E-state index in [1.54, 1.807) is 28.0 Å². The van der Waals surface area contributed by atoms with Gasteiger partial charge in [0.2, 0.25) is 11.7 Å². The van der Waals surface area contributed by atoms with Crippen LogP contribution in [0.3, 0.4) is 0 Å². The molecule has 0 atom stereocenters. The molecule has 0 aromatic carbocycles. The van der Waals surface area contributed by atoms with E-state index in [4.69, 9.17) is 4.52 Å². The van der Waals surface area contributed by atoms with Gasteiger partial charge in [-0.15, -0.1) is 17.9 Å². The van der Waals surface area contributed by atoms with Crippen LogP contribution in [-0.4, -0.2) is 19.7 Å². The molecule has 0 saturated heterocycles. The van der Waals surface area contributed by atoms with Crippen molar-refractivity contribution in [1.82, 2.24) is 19.7 Å². The van der Waals surface area contributed by atoms with Crippen molar-refractivity contribution in [3.05, 3.63) is 57.2 Å². The van der Waals surface area contributed by atoms with Crippen LogP contribution in [0.1, 0.15) is 5.89 Å². The Balaban J connectivity index is 1.61. The van der Waals surface area contributed by atoms with Gasteiger partial charge >= 0.3 is 0 Å². The summed E-state index contributed by atoms with van der Waals surface area (Å²) in [6.45, 7) is 4.13. The van der Waals surface area contributed by atoms with Crippen LogP contribution in [0, 0.1) is 0 Å². The van der Waals surface area contributed by atoms with Crippen LogP contribution in [0.4, 0.5) is 0 Å². The molecular formula is C16H12N4O2S3. The second-order valence-electron chi connectivity index (χ2n) is 5.05. The number of aromatic nitrogens is 4. The maximum Gasteiger partial charge on any atom is 0.263 e. The van der Waals surface area contributed by atoms with Gasteiger partial charge < -0.3 is 4.52 Å². The van der Waals surface area contributed by atoms with Gasteiger partial charge in [0.05, 0.1) is 11.1 Å². The lowest BCUT2D eigenvalue weighted by Gasteiger charge is -2.08. The first-order chi connectivity index (χ1) is 12.3. The molecule has 0 aliphatic heterocycles. The third kappa shape index (κ3) is 3.17. The Morgan fingerprint density at radius 3 is 3.04 bits per heavy atom. The van der Waals surface area contributed by atoms with E-state index in [2.05, 4.69) is 21.7 Å². The molecule has 126 valence electrons. The summed E-state index contributed by atoms with van der Waals surface area (Å²) >= 11 is 4.43. The molecule has 6 nitrogen and oxygen atoms in total. The minimum Gasteiger partial charge on any atom is -0.338 e. The van der Waals surface area contributed by atoms with E-state index in [-0.39, 0.29) is 5.56 Å². The molecule has 4 heterocycles. The van der Waals surface area contributed by atoms with Gasteiger partial charge in [-0.3, -0.25) is 9.36 Å². The normalized spacial score (nSPS) is 11.2. The van der Waals surface area contributed by atoms with Crippen LogP contribution < -0.4 is 5.56 Å². The van der Waals surface area contributed by atoms with Crippen LogP contribution in [0.25, 0.3) is 21.6 Å². The van der Waals surface area contributed by atoms with Crippen molar-refractivity contribution in [1.29, 1.82) is 0 Å². The van der Waals surface area contributed by atoms with E-state index in [9.17, 15) is 4.79 Å². The molecule has 4 aromatic rings. The van der Waals surface area contributed by atoms with E-state index < -0.39 is 0 Å². The van der Waals surface area contributed by atoms with E-state index in [0.717, 1.165) is 10.4 Å². The SMILES string of the molecule is C=CCn1c(SCc2nc(-c3ccsc3)no2)nc2sccc2c1=O. The van der Waals surface area contributed by atoms with Gasteiger partial charge in [-0.25, -0.2) is 4.98 Å². The second-order valence-corrected chi connectivity index (χ2v) is 7.67. The summed E-state index contributed by atoms with van der Waals surface area (Å²) in [5.41, 5.74) is 0.879. The zero-order chi connectivity index (χ0) is 17.2. The highest BCUT2D eigenvalue weighted by molar-refractivity contribution is 7.98. The number of allylic oxidation sites excluding steroid dienone is 1. The molecule has 25 heavy (non-hydrogen) atoms. The molecule has 0 aliphatic carbocycles. The lowest BCUT2D eigenvalue weighted by molar-refractivity contribution is 0.391. The third-order valence-corrected chi connectivity index (χ3v) is 5.88. The fraction of sp³-hybridized carbons (Fsp3) is 0.125. The van der Waals surface area contributed by atoms with Crippen molar-refractivity contribution >= 4 is 44.7 Å². The highest BCUT2D eigenvalue weighted by Crippen LogP contribution is 2.25. The zero-order valence-corrected chi connectivity index (χ0v) is 15.4. The molecule has 0 spiro atoms. The Morgan fingerprint density at radius 1 is 1.32 bits per heavy atom. The standard InChI is InChI=1S/C16H12N4O2S3/c1-2-5-20-15(21)11-4-7-24-14(11)18-16(20)25-9-12-17-13(19-22-12)10-3-6-23-8-10/h2-4,6-8H,1,5,9H2. The summed E-state index contributed by atoms with van der Waals surface area (Å²) in [7, 11) is 0. The predicted octanol–water partition coefficient (Wildman–Crippen LogP) is 4.05. The number of rotatable bonds is 6. The summed E-state index contributed by atoms with van der Waals surface area (Å²) in [5, 5.41) is 11.1. The van der Waals surface area contributed by atoms with Crippen molar-refractivity contribution in [2.75, 3.05) is 0 Å². The maximum absolute atomic E-state index is 12.6. The van der Waals surface area contributed by atoms with E-state index >= 15 is 0 Å². The van der Waals surface area contributed by atoms with Crippen LogP contribution in [0.5, 0.6) is 0 Å².